The topological polar surface area (TPSA) is 80.7 Å². The molecule has 6 heteroatoms. The van der Waals surface area contributed by atoms with Crippen LogP contribution in [0.1, 0.15) is 22.9 Å². The van der Waals surface area contributed by atoms with Crippen LogP contribution in [0.4, 0.5) is 5.69 Å². The fourth-order valence-electron chi connectivity index (χ4n) is 3.30. The summed E-state index contributed by atoms with van der Waals surface area (Å²) < 4.78 is 1.99. The van der Waals surface area contributed by atoms with Crippen molar-refractivity contribution in [3.8, 4) is 0 Å². The van der Waals surface area contributed by atoms with Gasteiger partial charge in [-0.2, -0.15) is 0 Å². The average molecular weight is 321 g/mol. The van der Waals surface area contributed by atoms with Gasteiger partial charge in [-0.25, -0.2) is 4.98 Å². The molecule has 1 atom stereocenters. The monoisotopic (exact) mass is 321 g/mol. The summed E-state index contributed by atoms with van der Waals surface area (Å²) in [5, 5.41) is 22.7. The number of allylic oxidation sites excluding steroid dienone is 2. The van der Waals surface area contributed by atoms with Gasteiger partial charge in [0, 0.05) is 29.5 Å². The number of nitro benzene ring substituents is 1. The van der Waals surface area contributed by atoms with Crippen LogP contribution in [0.5, 0.6) is 0 Å². The third-order valence-electron chi connectivity index (χ3n) is 4.45. The van der Waals surface area contributed by atoms with E-state index >= 15 is 0 Å². The third-order valence-corrected chi connectivity index (χ3v) is 4.45. The molecular weight excluding hydrogens is 306 g/mol. The number of fused-ring (bicyclic) bond motifs is 3. The van der Waals surface area contributed by atoms with Gasteiger partial charge >= 0.3 is 0 Å². The zero-order valence-corrected chi connectivity index (χ0v) is 12.8. The lowest BCUT2D eigenvalue weighted by atomic mass is 9.99. The largest absolute Gasteiger partial charge is 0.388 e. The summed E-state index contributed by atoms with van der Waals surface area (Å²) in [6, 6.07) is 6.16. The first-order valence-electron chi connectivity index (χ1n) is 7.70. The van der Waals surface area contributed by atoms with Gasteiger partial charge in [0.2, 0.25) is 0 Å². The minimum absolute atomic E-state index is 0.0138. The summed E-state index contributed by atoms with van der Waals surface area (Å²) in [4.78, 5) is 14.7. The van der Waals surface area contributed by atoms with E-state index < -0.39 is 11.0 Å². The molecule has 2 aromatic heterocycles. The second-order valence-corrected chi connectivity index (χ2v) is 5.86. The molecular formula is C18H15N3O3. The zero-order chi connectivity index (χ0) is 16.7. The smallest absolute Gasteiger partial charge is 0.269 e. The maximum absolute atomic E-state index is 10.9. The summed E-state index contributed by atoms with van der Waals surface area (Å²) in [7, 11) is 0. The highest BCUT2D eigenvalue weighted by Gasteiger charge is 2.20. The summed E-state index contributed by atoms with van der Waals surface area (Å²) >= 11 is 0. The number of nitro groups is 1. The van der Waals surface area contributed by atoms with E-state index in [1.165, 1.54) is 17.7 Å². The predicted octanol–water partition coefficient (Wildman–Crippen LogP) is 2.13. The van der Waals surface area contributed by atoms with Crippen molar-refractivity contribution in [2.75, 3.05) is 0 Å². The first kappa shape index (κ1) is 14.6. The van der Waals surface area contributed by atoms with E-state index in [0.29, 0.717) is 12.0 Å². The van der Waals surface area contributed by atoms with Crippen molar-refractivity contribution in [1.29, 1.82) is 0 Å². The van der Waals surface area contributed by atoms with Crippen molar-refractivity contribution in [3.05, 3.63) is 81.1 Å². The number of nitrogens with zero attached hydrogens (tertiary/aromatic N) is 3. The number of rotatable bonds is 4. The van der Waals surface area contributed by atoms with Crippen molar-refractivity contribution in [3.63, 3.8) is 0 Å². The van der Waals surface area contributed by atoms with Gasteiger partial charge in [-0.05, 0) is 17.5 Å². The number of benzene rings is 1. The molecule has 1 aliphatic carbocycles. The molecule has 0 aliphatic heterocycles. The first-order chi connectivity index (χ1) is 11.6. The fourth-order valence-corrected chi connectivity index (χ4v) is 3.30. The number of aliphatic hydroxyl groups is 1. The van der Waals surface area contributed by atoms with Gasteiger partial charge in [-0.1, -0.05) is 30.4 Å². The molecule has 1 N–H and O–H groups in total. The molecule has 6 nitrogen and oxygen atoms in total. The zero-order valence-electron chi connectivity index (χ0n) is 12.8. The first-order valence-corrected chi connectivity index (χ1v) is 7.70. The maximum Gasteiger partial charge on any atom is 0.269 e. The Morgan fingerprint density at radius 1 is 1.42 bits per heavy atom. The number of hydrogen-bond donors (Lipinski definition) is 1. The molecule has 4 rings (SSSR count). The molecule has 1 aromatic carbocycles. The number of hydrogen-bond acceptors (Lipinski definition) is 4. The standard InChI is InChI=1S/C18H15N3O3/c22-18(12-4-3-5-13(8-12)21(23)24)9-16-14-6-1-2-7-15(14)17-10-19-11-20(16)17/h1-5,7-8,10-11,18,22H,6,9H2. The normalized spacial score (nSPS) is 14.4. The molecule has 3 aromatic rings. The Morgan fingerprint density at radius 2 is 2.29 bits per heavy atom. The maximum atomic E-state index is 10.9. The van der Waals surface area contributed by atoms with Crippen LogP contribution in [0.25, 0.3) is 11.6 Å². The lowest BCUT2D eigenvalue weighted by Crippen LogP contribution is -2.11. The van der Waals surface area contributed by atoms with Crippen molar-refractivity contribution in [2.24, 2.45) is 0 Å². The Balaban J connectivity index is 1.74. The van der Waals surface area contributed by atoms with E-state index in [2.05, 4.69) is 17.1 Å². The molecule has 0 saturated carbocycles. The predicted molar refractivity (Wildman–Crippen MR) is 89.5 cm³/mol. The Labute approximate surface area is 137 Å². The molecule has 0 saturated heterocycles. The van der Waals surface area contributed by atoms with Crippen LogP contribution in [-0.2, 0) is 12.8 Å². The second-order valence-electron chi connectivity index (χ2n) is 5.86. The minimum Gasteiger partial charge on any atom is -0.388 e. The van der Waals surface area contributed by atoms with Gasteiger partial charge in [0.05, 0.1) is 29.1 Å². The highest BCUT2D eigenvalue weighted by atomic mass is 16.6. The van der Waals surface area contributed by atoms with E-state index in [0.717, 1.165) is 22.9 Å². The van der Waals surface area contributed by atoms with Crippen LogP contribution in [0, 0.1) is 10.1 Å². The summed E-state index contributed by atoms with van der Waals surface area (Å²) in [6.07, 6.45) is 10.1. The molecule has 0 amide bonds. The molecule has 0 spiro atoms. The molecule has 1 unspecified atom stereocenters. The number of non-ortho nitro benzene ring substituents is 1. The van der Waals surface area contributed by atoms with Crippen molar-refractivity contribution >= 4 is 17.3 Å². The quantitative estimate of drug-likeness (QED) is 0.589. The van der Waals surface area contributed by atoms with E-state index in [9.17, 15) is 15.2 Å². The molecule has 24 heavy (non-hydrogen) atoms. The summed E-state index contributed by atoms with van der Waals surface area (Å²) in [5.41, 5.74) is 3.73. The van der Waals surface area contributed by atoms with Gasteiger partial charge in [0.1, 0.15) is 0 Å². The van der Waals surface area contributed by atoms with Crippen molar-refractivity contribution < 1.29 is 10.0 Å². The van der Waals surface area contributed by atoms with Crippen molar-refractivity contribution in [2.45, 2.75) is 18.9 Å². The van der Waals surface area contributed by atoms with Crippen LogP contribution in [0.2, 0.25) is 0 Å². The number of aromatic nitrogens is 2. The Hall–Kier alpha value is -2.99. The van der Waals surface area contributed by atoms with E-state index in [4.69, 9.17) is 0 Å². The minimum atomic E-state index is -0.812. The summed E-state index contributed by atoms with van der Waals surface area (Å²) in [6.45, 7) is 0. The molecule has 0 fully saturated rings. The van der Waals surface area contributed by atoms with Gasteiger partial charge < -0.3 is 9.51 Å². The molecule has 2 heterocycles. The fraction of sp³-hybridized carbons (Fsp3) is 0.167. The van der Waals surface area contributed by atoms with Gasteiger partial charge in [0.15, 0.2) is 0 Å². The Morgan fingerprint density at radius 3 is 3.12 bits per heavy atom. The second kappa shape index (κ2) is 5.58. The van der Waals surface area contributed by atoms with Crippen molar-refractivity contribution in [1.82, 2.24) is 9.38 Å². The lowest BCUT2D eigenvalue weighted by Gasteiger charge is -2.12. The van der Waals surface area contributed by atoms with Gasteiger partial charge in [0.25, 0.3) is 5.69 Å². The van der Waals surface area contributed by atoms with Crippen LogP contribution < -0.4 is 5.22 Å². The molecule has 0 bridgehead atoms. The third kappa shape index (κ3) is 2.28. The average Bonchev–Trinajstić information content (AvgIpc) is 3.18. The molecule has 120 valence electrons. The number of imidazole rings is 1. The van der Waals surface area contributed by atoms with Crippen LogP contribution in [0.15, 0.2) is 48.9 Å². The highest BCUT2D eigenvalue weighted by molar-refractivity contribution is 5.62. The van der Waals surface area contributed by atoms with E-state index in [1.807, 2.05) is 16.7 Å². The van der Waals surface area contributed by atoms with E-state index in [-0.39, 0.29) is 5.69 Å². The molecule has 0 radical (unpaired) electrons. The van der Waals surface area contributed by atoms with Crippen LogP contribution >= 0.6 is 0 Å². The highest BCUT2D eigenvalue weighted by Crippen LogP contribution is 2.25. The molecule has 1 aliphatic rings. The van der Waals surface area contributed by atoms with Crippen LogP contribution in [-0.4, -0.2) is 19.4 Å². The van der Waals surface area contributed by atoms with Gasteiger partial charge in [-0.3, -0.25) is 10.1 Å². The summed E-state index contributed by atoms with van der Waals surface area (Å²) in [5.74, 6) is 0. The Bertz CT molecular complexity index is 1020. The lowest BCUT2D eigenvalue weighted by molar-refractivity contribution is -0.385. The van der Waals surface area contributed by atoms with Crippen LogP contribution in [0.3, 0.4) is 0 Å². The Kier molecular flexibility index (Phi) is 3.39. The SMILES string of the molecule is O=[N+]([O-])c1cccc(C(O)Cc2c3c(c4cncn24)=CC=CC3)c1. The van der Waals surface area contributed by atoms with Gasteiger partial charge in [-0.15, -0.1) is 0 Å². The van der Waals surface area contributed by atoms with E-state index in [1.54, 1.807) is 18.5 Å². The number of aliphatic hydroxyl groups excluding tert-OH is 1.